The molecule has 1 N–H and O–H groups in total. The van der Waals surface area contributed by atoms with Crippen LogP contribution >= 0.6 is 23.4 Å². The number of rotatable bonds is 7. The van der Waals surface area contributed by atoms with E-state index in [1.807, 2.05) is 0 Å². The SMILES string of the molecule is CC(=O)NCCc1nnc(Sc2ccc(C(F)(F)F)cc2[N+](=O)[O-])n1-c1cccc(Cl)c1. The Kier molecular flexibility index (Phi) is 7.04. The van der Waals surface area contributed by atoms with Crippen molar-refractivity contribution in [1.29, 1.82) is 0 Å². The zero-order valence-electron chi connectivity index (χ0n) is 16.4. The van der Waals surface area contributed by atoms with Gasteiger partial charge >= 0.3 is 6.18 Å². The van der Waals surface area contributed by atoms with Crippen molar-refractivity contribution >= 4 is 35.0 Å². The lowest BCUT2D eigenvalue weighted by atomic mass is 10.2. The molecule has 1 heterocycles. The topological polar surface area (TPSA) is 103 Å². The highest BCUT2D eigenvalue weighted by atomic mass is 35.5. The van der Waals surface area contributed by atoms with E-state index in [-0.39, 0.29) is 28.9 Å². The first-order valence-corrected chi connectivity index (χ1v) is 10.2. The first-order valence-electron chi connectivity index (χ1n) is 9.04. The van der Waals surface area contributed by atoms with Gasteiger partial charge in [0.2, 0.25) is 11.1 Å². The monoisotopic (exact) mass is 485 g/mol. The molecule has 0 radical (unpaired) electrons. The Morgan fingerprint density at radius 2 is 2.00 bits per heavy atom. The summed E-state index contributed by atoms with van der Waals surface area (Å²) in [5.74, 6) is 0.201. The Hall–Kier alpha value is -3.12. The van der Waals surface area contributed by atoms with Gasteiger partial charge in [0.25, 0.3) is 5.69 Å². The van der Waals surface area contributed by atoms with E-state index in [1.165, 1.54) is 6.92 Å². The van der Waals surface area contributed by atoms with E-state index in [4.69, 9.17) is 11.6 Å². The third kappa shape index (κ3) is 5.56. The predicted molar refractivity (Wildman–Crippen MR) is 111 cm³/mol. The largest absolute Gasteiger partial charge is 0.416 e. The van der Waals surface area contributed by atoms with Gasteiger partial charge in [0.1, 0.15) is 5.82 Å². The first kappa shape index (κ1) is 23.5. The van der Waals surface area contributed by atoms with Gasteiger partial charge in [-0.05, 0) is 42.1 Å². The van der Waals surface area contributed by atoms with Crippen LogP contribution in [0.2, 0.25) is 5.02 Å². The molecule has 0 saturated heterocycles. The Morgan fingerprint density at radius 3 is 2.62 bits per heavy atom. The summed E-state index contributed by atoms with van der Waals surface area (Å²) < 4.78 is 40.6. The highest BCUT2D eigenvalue weighted by Gasteiger charge is 2.33. The molecule has 0 atom stereocenters. The number of nitro benzene ring substituents is 1. The van der Waals surface area contributed by atoms with Crippen LogP contribution in [0.5, 0.6) is 0 Å². The Bertz CT molecular complexity index is 1170. The van der Waals surface area contributed by atoms with Gasteiger partial charge in [-0.2, -0.15) is 13.2 Å². The fraction of sp³-hybridized carbons (Fsp3) is 0.211. The third-order valence-electron chi connectivity index (χ3n) is 4.17. The van der Waals surface area contributed by atoms with Crippen molar-refractivity contribution in [3.63, 3.8) is 0 Å². The van der Waals surface area contributed by atoms with Crippen LogP contribution in [0.25, 0.3) is 5.69 Å². The quantitative estimate of drug-likeness (QED) is 0.385. The standard InChI is InChI=1S/C19H15ClF3N5O3S/c1-11(29)24-8-7-17-25-26-18(27(17)14-4-2-3-13(20)10-14)32-16-6-5-12(19(21,22)23)9-15(16)28(30)31/h2-6,9-10H,7-8H2,1H3,(H,24,29). The fourth-order valence-corrected chi connectivity index (χ4v) is 3.91. The summed E-state index contributed by atoms with van der Waals surface area (Å²) in [4.78, 5) is 21.7. The Morgan fingerprint density at radius 1 is 1.25 bits per heavy atom. The van der Waals surface area contributed by atoms with Crippen LogP contribution in [-0.4, -0.2) is 32.1 Å². The number of hydrogen-bond donors (Lipinski definition) is 1. The van der Waals surface area contributed by atoms with Gasteiger partial charge < -0.3 is 5.32 Å². The van der Waals surface area contributed by atoms with Crippen molar-refractivity contribution in [3.8, 4) is 5.69 Å². The van der Waals surface area contributed by atoms with Gasteiger partial charge in [0.15, 0.2) is 0 Å². The summed E-state index contributed by atoms with van der Waals surface area (Å²) >= 11 is 6.89. The number of alkyl halides is 3. The second-order valence-electron chi connectivity index (χ2n) is 6.49. The van der Waals surface area contributed by atoms with Gasteiger partial charge in [-0.25, -0.2) is 0 Å². The number of benzene rings is 2. The molecular formula is C19H15ClF3N5O3S. The smallest absolute Gasteiger partial charge is 0.356 e. The minimum atomic E-state index is -4.72. The molecule has 13 heteroatoms. The van der Waals surface area contributed by atoms with E-state index in [9.17, 15) is 28.1 Å². The van der Waals surface area contributed by atoms with Gasteiger partial charge in [-0.15, -0.1) is 10.2 Å². The van der Waals surface area contributed by atoms with Crippen LogP contribution < -0.4 is 5.32 Å². The Balaban J connectivity index is 2.04. The molecule has 32 heavy (non-hydrogen) atoms. The number of nitro groups is 1. The number of carbonyl (C=O) groups excluding carboxylic acids is 1. The molecule has 3 aromatic rings. The van der Waals surface area contributed by atoms with E-state index in [0.717, 1.165) is 23.9 Å². The molecular weight excluding hydrogens is 471 g/mol. The summed E-state index contributed by atoms with van der Waals surface area (Å²) in [6.07, 6.45) is -4.43. The molecule has 1 amide bonds. The average molecular weight is 486 g/mol. The number of nitrogens with one attached hydrogen (secondary N) is 1. The summed E-state index contributed by atoms with van der Waals surface area (Å²) in [6.45, 7) is 1.63. The lowest BCUT2D eigenvalue weighted by Gasteiger charge is -2.12. The van der Waals surface area contributed by atoms with Crippen LogP contribution in [0.3, 0.4) is 0 Å². The number of carbonyl (C=O) groups is 1. The molecule has 0 spiro atoms. The molecule has 0 aliphatic heterocycles. The summed E-state index contributed by atoms with van der Waals surface area (Å²) in [5, 5.41) is 22.8. The summed E-state index contributed by atoms with van der Waals surface area (Å²) in [7, 11) is 0. The lowest BCUT2D eigenvalue weighted by Crippen LogP contribution is -2.23. The minimum Gasteiger partial charge on any atom is -0.356 e. The van der Waals surface area contributed by atoms with Crippen molar-refractivity contribution < 1.29 is 22.9 Å². The van der Waals surface area contributed by atoms with E-state index < -0.39 is 22.4 Å². The minimum absolute atomic E-state index is 0.0351. The van der Waals surface area contributed by atoms with Crippen molar-refractivity contribution in [2.45, 2.75) is 29.6 Å². The Labute approximate surface area is 188 Å². The second-order valence-corrected chi connectivity index (χ2v) is 7.93. The molecule has 1 aromatic heterocycles. The molecule has 0 aliphatic carbocycles. The maximum Gasteiger partial charge on any atom is 0.416 e. The van der Waals surface area contributed by atoms with E-state index in [2.05, 4.69) is 15.5 Å². The van der Waals surface area contributed by atoms with Crippen molar-refractivity contribution in [2.24, 2.45) is 0 Å². The number of hydrogen-bond acceptors (Lipinski definition) is 6. The highest BCUT2D eigenvalue weighted by molar-refractivity contribution is 7.99. The van der Waals surface area contributed by atoms with Gasteiger partial charge in [-0.1, -0.05) is 17.7 Å². The molecule has 0 fully saturated rings. The van der Waals surface area contributed by atoms with Crippen molar-refractivity contribution in [2.75, 3.05) is 6.54 Å². The van der Waals surface area contributed by atoms with Crippen molar-refractivity contribution in [3.05, 3.63) is 69.0 Å². The zero-order chi connectivity index (χ0) is 23.5. The lowest BCUT2D eigenvalue weighted by molar-refractivity contribution is -0.388. The maximum atomic E-state index is 13.0. The molecule has 0 saturated carbocycles. The summed E-state index contributed by atoms with van der Waals surface area (Å²) in [6, 6.07) is 8.96. The van der Waals surface area contributed by atoms with Crippen LogP contribution in [0.15, 0.2) is 52.5 Å². The van der Waals surface area contributed by atoms with Crippen LogP contribution in [0.1, 0.15) is 18.3 Å². The zero-order valence-corrected chi connectivity index (χ0v) is 18.0. The second kappa shape index (κ2) is 9.57. The van der Waals surface area contributed by atoms with Crippen molar-refractivity contribution in [1.82, 2.24) is 20.1 Å². The predicted octanol–water partition coefficient (Wildman–Crippen LogP) is 4.68. The number of amides is 1. The number of halogens is 4. The number of aromatic nitrogens is 3. The van der Waals surface area contributed by atoms with Gasteiger partial charge in [0.05, 0.1) is 21.1 Å². The van der Waals surface area contributed by atoms with Gasteiger partial charge in [0, 0.05) is 31.0 Å². The van der Waals surface area contributed by atoms with E-state index in [1.54, 1.807) is 28.8 Å². The highest BCUT2D eigenvalue weighted by Crippen LogP contribution is 2.39. The molecule has 0 aliphatic rings. The van der Waals surface area contributed by atoms with E-state index in [0.29, 0.717) is 22.6 Å². The first-order chi connectivity index (χ1) is 15.1. The molecule has 2 aromatic carbocycles. The molecule has 168 valence electrons. The normalized spacial score (nSPS) is 11.4. The maximum absolute atomic E-state index is 13.0. The molecule has 0 bridgehead atoms. The van der Waals surface area contributed by atoms with Crippen LogP contribution in [0, 0.1) is 10.1 Å². The third-order valence-corrected chi connectivity index (χ3v) is 5.42. The van der Waals surface area contributed by atoms with E-state index >= 15 is 0 Å². The average Bonchev–Trinajstić information content (AvgIpc) is 3.09. The van der Waals surface area contributed by atoms with Crippen LogP contribution in [-0.2, 0) is 17.4 Å². The molecule has 8 nitrogen and oxygen atoms in total. The van der Waals surface area contributed by atoms with Crippen LogP contribution in [0.4, 0.5) is 18.9 Å². The number of nitrogens with zero attached hydrogens (tertiary/aromatic N) is 4. The molecule has 3 rings (SSSR count). The van der Waals surface area contributed by atoms with Gasteiger partial charge in [-0.3, -0.25) is 19.5 Å². The fourth-order valence-electron chi connectivity index (χ4n) is 2.77. The molecule has 0 unspecified atom stereocenters. The summed E-state index contributed by atoms with van der Waals surface area (Å²) in [5.41, 5.74) is -1.27.